The third kappa shape index (κ3) is 5.13. The molecular weight excluding hydrogens is 360 g/mol. The van der Waals surface area contributed by atoms with E-state index in [1.807, 2.05) is 18.2 Å². The Labute approximate surface area is 166 Å². The van der Waals surface area contributed by atoms with Crippen LogP contribution in [0.25, 0.3) is 11.3 Å². The zero-order valence-electron chi connectivity index (χ0n) is 16.7. The minimum absolute atomic E-state index is 0.00889. The monoisotopic (exact) mass is 388 g/mol. The Hall–Kier alpha value is -1.81. The number of aromatic nitrogens is 1. The van der Waals surface area contributed by atoms with Crippen molar-refractivity contribution >= 4 is 23.2 Å². The first-order valence-electron chi connectivity index (χ1n) is 9.80. The highest BCUT2D eigenvalue weighted by Gasteiger charge is 2.22. The molecule has 2 aromatic rings. The van der Waals surface area contributed by atoms with Gasteiger partial charge in [-0.25, -0.2) is 0 Å². The highest BCUT2D eigenvalue weighted by atomic mass is 35.5. The first-order valence-corrected chi connectivity index (χ1v) is 10.2. The summed E-state index contributed by atoms with van der Waals surface area (Å²) in [7, 11) is 0. The summed E-state index contributed by atoms with van der Waals surface area (Å²) in [5, 5.41) is 7.73. The zero-order chi connectivity index (χ0) is 19.6. The van der Waals surface area contributed by atoms with Gasteiger partial charge < -0.3 is 9.84 Å². The highest BCUT2D eigenvalue weighted by Crippen LogP contribution is 2.35. The number of aryl methyl sites for hydroxylation is 1. The number of amides is 1. The summed E-state index contributed by atoms with van der Waals surface area (Å²) in [5.74, 6) is 1.11. The van der Waals surface area contributed by atoms with E-state index >= 15 is 0 Å². The van der Waals surface area contributed by atoms with Gasteiger partial charge in [-0.3, -0.25) is 4.79 Å². The minimum Gasteiger partial charge on any atom is -0.356 e. The van der Waals surface area contributed by atoms with Crippen molar-refractivity contribution in [2.75, 3.05) is 5.32 Å². The van der Waals surface area contributed by atoms with Crippen LogP contribution in [0, 0.1) is 11.3 Å². The Kier molecular flexibility index (Phi) is 5.95. The van der Waals surface area contributed by atoms with Crippen LogP contribution in [0.15, 0.2) is 22.7 Å². The summed E-state index contributed by atoms with van der Waals surface area (Å²) < 4.78 is 5.62. The van der Waals surface area contributed by atoms with E-state index in [1.54, 1.807) is 0 Å². The van der Waals surface area contributed by atoms with Crippen LogP contribution >= 0.6 is 11.6 Å². The normalized spacial score (nSPS) is 15.3. The molecule has 0 saturated heterocycles. The maximum Gasteiger partial charge on any atom is 0.224 e. The average molecular weight is 389 g/mol. The molecule has 1 amide bonds. The van der Waals surface area contributed by atoms with E-state index in [1.165, 1.54) is 5.56 Å². The molecule has 0 fully saturated rings. The Morgan fingerprint density at radius 3 is 2.78 bits per heavy atom. The van der Waals surface area contributed by atoms with Crippen LogP contribution in [0.1, 0.15) is 64.6 Å². The van der Waals surface area contributed by atoms with Crippen molar-refractivity contribution in [2.24, 2.45) is 11.3 Å². The number of rotatable bonds is 5. The molecule has 1 aromatic carbocycles. The van der Waals surface area contributed by atoms with E-state index < -0.39 is 0 Å². The molecule has 0 aliphatic heterocycles. The van der Waals surface area contributed by atoms with E-state index in [0.29, 0.717) is 23.0 Å². The second-order valence-electron chi connectivity index (χ2n) is 8.96. The molecule has 0 spiro atoms. The number of nitrogens with zero attached hydrogens (tertiary/aromatic N) is 1. The Morgan fingerprint density at radius 2 is 2.04 bits per heavy atom. The molecule has 1 aromatic heterocycles. The summed E-state index contributed by atoms with van der Waals surface area (Å²) in [5.41, 5.74) is 4.01. The fourth-order valence-corrected chi connectivity index (χ4v) is 4.18. The van der Waals surface area contributed by atoms with Crippen LogP contribution in [0.3, 0.4) is 0 Å². The number of hydrogen-bond acceptors (Lipinski definition) is 3. The van der Waals surface area contributed by atoms with Crippen LogP contribution in [-0.2, 0) is 17.6 Å². The van der Waals surface area contributed by atoms with Gasteiger partial charge >= 0.3 is 0 Å². The van der Waals surface area contributed by atoms with Gasteiger partial charge in [0.1, 0.15) is 0 Å². The first kappa shape index (κ1) is 19.9. The van der Waals surface area contributed by atoms with Gasteiger partial charge in [-0.2, -0.15) is 0 Å². The number of halogens is 1. The molecule has 4 nitrogen and oxygen atoms in total. The summed E-state index contributed by atoms with van der Waals surface area (Å²) in [4.78, 5) is 12.5. The van der Waals surface area contributed by atoms with E-state index in [2.05, 4.69) is 38.2 Å². The molecule has 1 heterocycles. The van der Waals surface area contributed by atoms with Crippen molar-refractivity contribution in [2.45, 2.75) is 66.2 Å². The zero-order valence-corrected chi connectivity index (χ0v) is 17.4. The van der Waals surface area contributed by atoms with Crippen molar-refractivity contribution in [3.63, 3.8) is 0 Å². The summed E-state index contributed by atoms with van der Waals surface area (Å²) in [6, 6.07) is 5.63. The minimum atomic E-state index is -0.00889. The molecule has 1 aliphatic carbocycles. The van der Waals surface area contributed by atoms with Crippen LogP contribution in [0.5, 0.6) is 0 Å². The Bertz CT molecular complexity index is 820. The lowest BCUT2D eigenvalue weighted by Gasteiger charge is -2.22. The number of carbonyl (C=O) groups is 1. The summed E-state index contributed by atoms with van der Waals surface area (Å²) in [6.07, 6.45) is 5.76. The molecule has 1 N–H and O–H groups in total. The van der Waals surface area contributed by atoms with Gasteiger partial charge in [0.2, 0.25) is 5.91 Å². The van der Waals surface area contributed by atoms with Crippen LogP contribution in [0.4, 0.5) is 5.69 Å². The second kappa shape index (κ2) is 8.05. The molecule has 5 heteroatoms. The lowest BCUT2D eigenvalue weighted by molar-refractivity contribution is -0.117. The number of nitrogens with one attached hydrogen (secondary N) is 1. The quantitative estimate of drug-likeness (QED) is 0.656. The SMILES string of the molecule is C[C@H](CC(=O)Nc1cc(-c2onc3c2CCCC3)ccc1Cl)CC(C)(C)C. The largest absolute Gasteiger partial charge is 0.356 e. The van der Waals surface area contributed by atoms with Crippen molar-refractivity contribution in [1.82, 2.24) is 5.16 Å². The molecule has 146 valence electrons. The predicted octanol–water partition coefficient (Wildman–Crippen LogP) is 6.27. The Morgan fingerprint density at radius 1 is 1.30 bits per heavy atom. The van der Waals surface area contributed by atoms with Gasteiger partial charge in [-0.05, 0) is 61.6 Å². The molecule has 1 atom stereocenters. The molecule has 0 radical (unpaired) electrons. The topological polar surface area (TPSA) is 55.1 Å². The molecule has 1 aliphatic rings. The van der Waals surface area contributed by atoms with Crippen molar-refractivity contribution in [3.8, 4) is 11.3 Å². The van der Waals surface area contributed by atoms with Gasteiger partial charge in [0.05, 0.1) is 16.4 Å². The lowest BCUT2D eigenvalue weighted by atomic mass is 9.84. The number of benzene rings is 1. The highest BCUT2D eigenvalue weighted by molar-refractivity contribution is 6.33. The van der Waals surface area contributed by atoms with E-state index in [4.69, 9.17) is 16.1 Å². The molecule has 0 unspecified atom stereocenters. The van der Waals surface area contributed by atoms with Gasteiger partial charge in [0.15, 0.2) is 5.76 Å². The number of fused-ring (bicyclic) bond motifs is 1. The van der Waals surface area contributed by atoms with Gasteiger partial charge in [-0.15, -0.1) is 0 Å². The van der Waals surface area contributed by atoms with Crippen LogP contribution in [0.2, 0.25) is 5.02 Å². The fourth-order valence-electron chi connectivity index (χ4n) is 4.02. The van der Waals surface area contributed by atoms with Crippen molar-refractivity contribution in [3.05, 3.63) is 34.5 Å². The second-order valence-corrected chi connectivity index (χ2v) is 9.37. The third-order valence-corrected chi connectivity index (χ3v) is 5.29. The van der Waals surface area contributed by atoms with Crippen molar-refractivity contribution < 1.29 is 9.32 Å². The predicted molar refractivity (Wildman–Crippen MR) is 110 cm³/mol. The number of anilines is 1. The lowest BCUT2D eigenvalue weighted by Crippen LogP contribution is -2.19. The molecule has 27 heavy (non-hydrogen) atoms. The number of hydrogen-bond donors (Lipinski definition) is 1. The van der Waals surface area contributed by atoms with E-state index in [0.717, 1.165) is 49.1 Å². The fraction of sp³-hybridized carbons (Fsp3) is 0.545. The van der Waals surface area contributed by atoms with Gasteiger partial charge in [0.25, 0.3) is 0 Å². The molecule has 0 saturated carbocycles. The van der Waals surface area contributed by atoms with E-state index in [-0.39, 0.29) is 11.3 Å². The van der Waals surface area contributed by atoms with Crippen LogP contribution < -0.4 is 5.32 Å². The van der Waals surface area contributed by atoms with E-state index in [9.17, 15) is 4.79 Å². The maximum absolute atomic E-state index is 12.5. The average Bonchev–Trinajstić information content (AvgIpc) is 2.99. The number of carbonyl (C=O) groups excluding carboxylic acids is 1. The van der Waals surface area contributed by atoms with Gasteiger partial charge in [0, 0.05) is 17.5 Å². The summed E-state index contributed by atoms with van der Waals surface area (Å²) in [6.45, 7) is 8.70. The van der Waals surface area contributed by atoms with Crippen LogP contribution in [-0.4, -0.2) is 11.1 Å². The third-order valence-electron chi connectivity index (χ3n) is 4.96. The molecular formula is C22H29ClN2O2. The van der Waals surface area contributed by atoms with Gasteiger partial charge in [-0.1, -0.05) is 44.5 Å². The smallest absolute Gasteiger partial charge is 0.224 e. The molecule has 0 bridgehead atoms. The Balaban J connectivity index is 1.74. The maximum atomic E-state index is 12.5. The summed E-state index contributed by atoms with van der Waals surface area (Å²) >= 11 is 6.33. The van der Waals surface area contributed by atoms with Crippen molar-refractivity contribution in [1.29, 1.82) is 0 Å². The molecule has 3 rings (SSSR count). The standard InChI is InChI=1S/C22H29ClN2O2/c1-14(13-22(2,3)4)11-20(26)24-19-12-15(9-10-17(19)23)21-16-7-5-6-8-18(16)25-27-21/h9-10,12,14H,5-8,11,13H2,1-4H3,(H,24,26)/t14-/m1/s1. The first-order chi connectivity index (χ1) is 12.7.